The summed E-state index contributed by atoms with van der Waals surface area (Å²) in [5, 5.41) is 0.931. The van der Waals surface area contributed by atoms with E-state index in [2.05, 4.69) is 6.07 Å². The highest BCUT2D eigenvalue weighted by molar-refractivity contribution is 7.17. The lowest BCUT2D eigenvalue weighted by molar-refractivity contribution is 0.415. The van der Waals surface area contributed by atoms with Gasteiger partial charge in [-0.05, 0) is 42.0 Å². The Morgan fingerprint density at radius 3 is 2.13 bits per heavy atom. The highest BCUT2D eigenvalue weighted by atomic mass is 32.1. The van der Waals surface area contributed by atoms with Crippen molar-refractivity contribution >= 4 is 11.3 Å². The summed E-state index contributed by atoms with van der Waals surface area (Å²) in [4.78, 5) is 1.20. The first-order valence-corrected chi connectivity index (χ1v) is 5.43. The Morgan fingerprint density at radius 2 is 1.60 bits per heavy atom. The SMILES string of the molecule is COc1ccc(-c2ccc(OC)s2)cc1. The summed E-state index contributed by atoms with van der Waals surface area (Å²) in [5.41, 5.74) is 1.18. The first-order chi connectivity index (χ1) is 7.33. The van der Waals surface area contributed by atoms with Crippen LogP contribution in [-0.4, -0.2) is 14.2 Å². The molecule has 0 bridgehead atoms. The van der Waals surface area contributed by atoms with Crippen LogP contribution < -0.4 is 9.47 Å². The predicted octanol–water partition coefficient (Wildman–Crippen LogP) is 3.43. The Balaban J connectivity index is 2.28. The average Bonchev–Trinajstić information content (AvgIpc) is 2.78. The molecule has 0 fully saturated rings. The van der Waals surface area contributed by atoms with E-state index >= 15 is 0 Å². The number of hydrogen-bond acceptors (Lipinski definition) is 3. The van der Waals surface area contributed by atoms with Crippen LogP contribution in [0.1, 0.15) is 0 Å². The van der Waals surface area contributed by atoms with Crippen molar-refractivity contribution in [2.45, 2.75) is 0 Å². The second kappa shape index (κ2) is 4.36. The second-order valence-corrected chi connectivity index (χ2v) is 4.10. The summed E-state index contributed by atoms with van der Waals surface area (Å²) in [5.74, 6) is 0.877. The topological polar surface area (TPSA) is 18.5 Å². The molecule has 0 spiro atoms. The van der Waals surface area contributed by atoms with Gasteiger partial charge in [0.2, 0.25) is 0 Å². The zero-order valence-electron chi connectivity index (χ0n) is 8.69. The lowest BCUT2D eigenvalue weighted by Gasteiger charge is -2.00. The Morgan fingerprint density at radius 1 is 0.867 bits per heavy atom. The fraction of sp³-hybridized carbons (Fsp3) is 0.167. The van der Waals surface area contributed by atoms with Gasteiger partial charge < -0.3 is 9.47 Å². The Kier molecular flexibility index (Phi) is 2.92. The van der Waals surface area contributed by atoms with Gasteiger partial charge in [0, 0.05) is 4.88 Å². The van der Waals surface area contributed by atoms with Gasteiger partial charge in [-0.2, -0.15) is 0 Å². The number of ether oxygens (including phenoxy) is 2. The smallest absolute Gasteiger partial charge is 0.173 e. The van der Waals surface area contributed by atoms with Crippen molar-refractivity contribution in [2.24, 2.45) is 0 Å². The van der Waals surface area contributed by atoms with E-state index in [1.807, 2.05) is 30.3 Å². The number of thiophene rings is 1. The molecule has 0 aliphatic rings. The summed E-state index contributed by atoms with van der Waals surface area (Å²) >= 11 is 1.64. The number of benzene rings is 1. The van der Waals surface area contributed by atoms with Crippen LogP contribution in [0.4, 0.5) is 0 Å². The van der Waals surface area contributed by atoms with Crippen molar-refractivity contribution in [3.8, 4) is 21.3 Å². The van der Waals surface area contributed by atoms with Gasteiger partial charge in [-0.3, -0.25) is 0 Å². The van der Waals surface area contributed by atoms with E-state index in [1.165, 1.54) is 10.4 Å². The number of hydrogen-bond donors (Lipinski definition) is 0. The van der Waals surface area contributed by atoms with Gasteiger partial charge in [-0.1, -0.05) is 11.3 Å². The third kappa shape index (κ3) is 2.13. The maximum atomic E-state index is 5.16. The van der Waals surface area contributed by atoms with Gasteiger partial charge in [-0.15, -0.1) is 0 Å². The van der Waals surface area contributed by atoms with Crippen molar-refractivity contribution in [3.63, 3.8) is 0 Å². The molecule has 0 unspecified atom stereocenters. The maximum Gasteiger partial charge on any atom is 0.173 e. The molecule has 2 nitrogen and oxygen atoms in total. The molecule has 0 aliphatic carbocycles. The summed E-state index contributed by atoms with van der Waals surface area (Å²) in [7, 11) is 3.35. The molecule has 2 aromatic rings. The predicted molar refractivity (Wildman–Crippen MR) is 62.9 cm³/mol. The van der Waals surface area contributed by atoms with Crippen LogP contribution in [0.3, 0.4) is 0 Å². The molecular formula is C12H12O2S. The quantitative estimate of drug-likeness (QED) is 0.789. The molecule has 0 atom stereocenters. The normalized spacial score (nSPS) is 10.0. The summed E-state index contributed by atoms with van der Waals surface area (Å²) < 4.78 is 10.3. The minimum Gasteiger partial charge on any atom is -0.497 e. The Labute approximate surface area is 93.1 Å². The molecular weight excluding hydrogens is 208 g/mol. The lowest BCUT2D eigenvalue weighted by Crippen LogP contribution is -1.81. The Hall–Kier alpha value is -1.48. The van der Waals surface area contributed by atoms with E-state index in [-0.39, 0.29) is 0 Å². The van der Waals surface area contributed by atoms with Crippen LogP contribution in [-0.2, 0) is 0 Å². The van der Waals surface area contributed by atoms with Crippen molar-refractivity contribution < 1.29 is 9.47 Å². The van der Waals surface area contributed by atoms with Crippen molar-refractivity contribution in [3.05, 3.63) is 36.4 Å². The highest BCUT2D eigenvalue weighted by Crippen LogP contribution is 2.33. The molecule has 1 heterocycles. The van der Waals surface area contributed by atoms with Gasteiger partial charge in [0.05, 0.1) is 14.2 Å². The molecule has 0 aliphatic heterocycles. The van der Waals surface area contributed by atoms with Crippen LogP contribution in [0.5, 0.6) is 10.8 Å². The van der Waals surface area contributed by atoms with Crippen LogP contribution in [0.25, 0.3) is 10.4 Å². The summed E-state index contributed by atoms with van der Waals surface area (Å²) in [6.45, 7) is 0. The van der Waals surface area contributed by atoms with Gasteiger partial charge in [-0.25, -0.2) is 0 Å². The van der Waals surface area contributed by atoms with Gasteiger partial charge in [0.15, 0.2) is 5.06 Å². The van der Waals surface area contributed by atoms with Gasteiger partial charge in [0.1, 0.15) is 5.75 Å². The van der Waals surface area contributed by atoms with Crippen LogP contribution in [0, 0.1) is 0 Å². The number of methoxy groups -OCH3 is 2. The third-order valence-electron chi connectivity index (χ3n) is 2.16. The van der Waals surface area contributed by atoms with Crippen LogP contribution in [0.15, 0.2) is 36.4 Å². The van der Waals surface area contributed by atoms with Crippen molar-refractivity contribution in [1.29, 1.82) is 0 Å². The first-order valence-electron chi connectivity index (χ1n) is 4.62. The fourth-order valence-electron chi connectivity index (χ4n) is 1.34. The summed E-state index contributed by atoms with van der Waals surface area (Å²) in [6, 6.07) is 12.0. The van der Waals surface area contributed by atoms with E-state index < -0.39 is 0 Å². The van der Waals surface area contributed by atoms with Crippen molar-refractivity contribution in [1.82, 2.24) is 0 Å². The summed E-state index contributed by atoms with van der Waals surface area (Å²) in [6.07, 6.45) is 0. The van der Waals surface area contributed by atoms with Crippen LogP contribution >= 0.6 is 11.3 Å². The van der Waals surface area contributed by atoms with Crippen LogP contribution in [0.2, 0.25) is 0 Å². The largest absolute Gasteiger partial charge is 0.497 e. The van der Waals surface area contributed by atoms with E-state index in [9.17, 15) is 0 Å². The molecule has 2 rings (SSSR count). The molecule has 1 aromatic heterocycles. The molecule has 0 saturated carbocycles. The molecule has 1 aromatic carbocycles. The molecule has 0 amide bonds. The van der Waals surface area contributed by atoms with E-state index in [4.69, 9.17) is 9.47 Å². The zero-order valence-corrected chi connectivity index (χ0v) is 9.51. The minimum atomic E-state index is 0.877. The molecule has 0 saturated heterocycles. The lowest BCUT2D eigenvalue weighted by atomic mass is 10.2. The molecule has 15 heavy (non-hydrogen) atoms. The third-order valence-corrected chi connectivity index (χ3v) is 3.25. The standard InChI is InChI=1S/C12H12O2S/c1-13-10-5-3-9(4-6-10)11-7-8-12(14-2)15-11/h3-8H,1-2H3. The van der Waals surface area contributed by atoms with Crippen molar-refractivity contribution in [2.75, 3.05) is 14.2 Å². The van der Waals surface area contributed by atoms with E-state index in [0.29, 0.717) is 0 Å². The van der Waals surface area contributed by atoms with Gasteiger partial charge in [0.25, 0.3) is 0 Å². The molecule has 78 valence electrons. The first kappa shape index (κ1) is 10.1. The average molecular weight is 220 g/mol. The van der Waals surface area contributed by atoms with E-state index in [1.54, 1.807) is 25.6 Å². The van der Waals surface area contributed by atoms with Gasteiger partial charge >= 0.3 is 0 Å². The molecule has 0 N–H and O–H groups in total. The highest BCUT2D eigenvalue weighted by Gasteiger charge is 2.02. The Bertz CT molecular complexity index is 431. The zero-order chi connectivity index (χ0) is 10.7. The monoisotopic (exact) mass is 220 g/mol. The number of rotatable bonds is 3. The second-order valence-electron chi connectivity index (χ2n) is 3.05. The molecule has 0 radical (unpaired) electrons. The minimum absolute atomic E-state index is 0.877. The fourth-order valence-corrected chi connectivity index (χ4v) is 2.17. The van der Waals surface area contributed by atoms with E-state index in [0.717, 1.165) is 10.8 Å². The molecule has 3 heteroatoms. The maximum absolute atomic E-state index is 5.16.